The van der Waals surface area contributed by atoms with Gasteiger partial charge in [-0.25, -0.2) is 4.79 Å². The molecule has 3 heteroatoms. The normalized spacial score (nSPS) is 9.38. The van der Waals surface area contributed by atoms with Crippen LogP contribution in [0.4, 0.5) is 10.5 Å². The average Bonchev–Trinajstić information content (AvgIpc) is 2.18. The number of urea groups is 1. The molecule has 0 aliphatic carbocycles. The molecule has 0 saturated heterocycles. The number of amides is 2. The molecular formula is C10H13N2O. The molecule has 0 fully saturated rings. The summed E-state index contributed by atoms with van der Waals surface area (Å²) in [4.78, 5) is 12.8. The van der Waals surface area contributed by atoms with Gasteiger partial charge in [0.25, 0.3) is 0 Å². The Kier molecular flexibility index (Phi) is 3.31. The molecule has 13 heavy (non-hydrogen) atoms. The summed E-state index contributed by atoms with van der Waals surface area (Å²) in [7, 11) is 1.70. The highest BCUT2D eigenvalue weighted by atomic mass is 16.2. The van der Waals surface area contributed by atoms with Crippen LogP contribution in [0.1, 0.15) is 0 Å². The first-order valence-electron chi connectivity index (χ1n) is 4.10. The van der Waals surface area contributed by atoms with E-state index in [1.54, 1.807) is 7.05 Å². The zero-order valence-electron chi connectivity index (χ0n) is 7.66. The molecule has 0 atom stereocenters. The number of hydrogen-bond acceptors (Lipinski definition) is 1. The van der Waals surface area contributed by atoms with Crippen LogP contribution < -0.4 is 5.32 Å². The van der Waals surface area contributed by atoms with E-state index in [0.29, 0.717) is 6.54 Å². The third-order valence-electron chi connectivity index (χ3n) is 1.71. The third kappa shape index (κ3) is 2.78. The van der Waals surface area contributed by atoms with E-state index in [1.165, 1.54) is 4.90 Å². The maximum atomic E-state index is 11.3. The standard InChI is InChI=1S/C10H13N2O/c1-3-12(2)10(13)11-9-7-5-4-6-8-9/h4-8H,1,3H2,2H3,(H,11,13). The second kappa shape index (κ2) is 4.50. The van der Waals surface area contributed by atoms with Crippen molar-refractivity contribution in [1.29, 1.82) is 0 Å². The summed E-state index contributed by atoms with van der Waals surface area (Å²) in [6.07, 6.45) is 0. The minimum atomic E-state index is -0.138. The van der Waals surface area contributed by atoms with Crippen LogP contribution in [0.3, 0.4) is 0 Å². The highest BCUT2D eigenvalue weighted by molar-refractivity contribution is 5.89. The fourth-order valence-corrected chi connectivity index (χ4v) is 0.842. The van der Waals surface area contributed by atoms with Gasteiger partial charge >= 0.3 is 6.03 Å². The van der Waals surface area contributed by atoms with Crippen molar-refractivity contribution in [2.24, 2.45) is 0 Å². The van der Waals surface area contributed by atoms with Gasteiger partial charge in [0.05, 0.1) is 0 Å². The second-order valence-corrected chi connectivity index (χ2v) is 2.72. The Morgan fingerprint density at radius 1 is 1.46 bits per heavy atom. The molecule has 3 nitrogen and oxygen atoms in total. The van der Waals surface area contributed by atoms with Crippen LogP contribution in [0.15, 0.2) is 30.3 Å². The van der Waals surface area contributed by atoms with Crippen LogP contribution in [0.5, 0.6) is 0 Å². The van der Waals surface area contributed by atoms with Crippen LogP contribution in [-0.2, 0) is 0 Å². The summed E-state index contributed by atoms with van der Waals surface area (Å²) in [5, 5.41) is 2.74. The van der Waals surface area contributed by atoms with Gasteiger partial charge in [0.1, 0.15) is 0 Å². The monoisotopic (exact) mass is 177 g/mol. The van der Waals surface area contributed by atoms with Gasteiger partial charge in [-0.2, -0.15) is 0 Å². The highest BCUT2D eigenvalue weighted by Gasteiger charge is 2.04. The van der Waals surface area contributed by atoms with Crippen molar-refractivity contribution >= 4 is 11.7 Å². The Balaban J connectivity index is 2.55. The predicted octanol–water partition coefficient (Wildman–Crippen LogP) is 1.98. The van der Waals surface area contributed by atoms with Crippen molar-refractivity contribution in [2.75, 3.05) is 18.9 Å². The molecule has 0 aromatic heterocycles. The van der Waals surface area contributed by atoms with Crippen LogP contribution >= 0.6 is 0 Å². The zero-order chi connectivity index (χ0) is 9.68. The van der Waals surface area contributed by atoms with Crippen LogP contribution in [0, 0.1) is 6.92 Å². The summed E-state index contributed by atoms with van der Waals surface area (Å²) in [6, 6.07) is 9.20. The summed E-state index contributed by atoms with van der Waals surface area (Å²) < 4.78 is 0. The number of para-hydroxylation sites is 1. The van der Waals surface area contributed by atoms with Gasteiger partial charge < -0.3 is 10.2 Å². The maximum Gasteiger partial charge on any atom is 0.321 e. The first-order chi connectivity index (χ1) is 6.24. The fraction of sp³-hybridized carbons (Fsp3) is 0.200. The lowest BCUT2D eigenvalue weighted by Gasteiger charge is -2.15. The Hall–Kier alpha value is -1.51. The topological polar surface area (TPSA) is 32.3 Å². The van der Waals surface area contributed by atoms with E-state index >= 15 is 0 Å². The molecule has 1 aromatic carbocycles. The van der Waals surface area contributed by atoms with Crippen molar-refractivity contribution in [3.05, 3.63) is 37.3 Å². The van der Waals surface area contributed by atoms with Gasteiger partial charge in [-0.15, -0.1) is 0 Å². The SMILES string of the molecule is [CH2]CN(C)C(=O)Nc1ccccc1. The minimum Gasteiger partial charge on any atom is -0.328 e. The van der Waals surface area contributed by atoms with E-state index in [4.69, 9.17) is 0 Å². The molecule has 2 amide bonds. The Morgan fingerprint density at radius 3 is 2.62 bits per heavy atom. The molecule has 0 aliphatic heterocycles. The molecule has 0 aliphatic rings. The van der Waals surface area contributed by atoms with Gasteiger partial charge in [0.2, 0.25) is 0 Å². The molecule has 1 N–H and O–H groups in total. The number of nitrogens with zero attached hydrogens (tertiary/aromatic N) is 1. The number of carbonyl (C=O) groups is 1. The molecular weight excluding hydrogens is 164 g/mol. The van der Waals surface area contributed by atoms with Crippen molar-refractivity contribution in [3.8, 4) is 0 Å². The highest BCUT2D eigenvalue weighted by Crippen LogP contribution is 2.05. The van der Waals surface area contributed by atoms with E-state index in [-0.39, 0.29) is 6.03 Å². The molecule has 0 heterocycles. The molecule has 0 unspecified atom stereocenters. The van der Waals surface area contributed by atoms with Crippen LogP contribution in [-0.4, -0.2) is 24.5 Å². The Bertz CT molecular complexity index is 272. The summed E-state index contributed by atoms with van der Waals surface area (Å²) in [5.41, 5.74) is 0.799. The lowest BCUT2D eigenvalue weighted by molar-refractivity contribution is 0.226. The van der Waals surface area contributed by atoms with Crippen molar-refractivity contribution in [2.45, 2.75) is 0 Å². The van der Waals surface area contributed by atoms with E-state index in [0.717, 1.165) is 5.69 Å². The smallest absolute Gasteiger partial charge is 0.321 e. The summed E-state index contributed by atoms with van der Waals surface area (Å²) in [5.74, 6) is 0. The Labute approximate surface area is 78.4 Å². The van der Waals surface area contributed by atoms with E-state index in [9.17, 15) is 4.79 Å². The molecule has 1 radical (unpaired) electrons. The Morgan fingerprint density at radius 2 is 2.08 bits per heavy atom. The first-order valence-corrected chi connectivity index (χ1v) is 4.10. The summed E-state index contributed by atoms with van der Waals surface area (Å²) >= 11 is 0. The first kappa shape index (κ1) is 9.58. The van der Waals surface area contributed by atoms with Crippen LogP contribution in [0.25, 0.3) is 0 Å². The molecule has 0 spiro atoms. The number of carbonyl (C=O) groups excluding carboxylic acids is 1. The summed E-state index contributed by atoms with van der Waals surface area (Å²) in [6.45, 7) is 4.07. The third-order valence-corrected chi connectivity index (χ3v) is 1.71. The lowest BCUT2D eigenvalue weighted by Crippen LogP contribution is -2.30. The van der Waals surface area contributed by atoms with Crippen LogP contribution in [0.2, 0.25) is 0 Å². The van der Waals surface area contributed by atoms with Gasteiger partial charge in [-0.3, -0.25) is 0 Å². The van der Waals surface area contributed by atoms with Gasteiger partial charge in [0.15, 0.2) is 0 Å². The molecule has 0 saturated carbocycles. The molecule has 69 valence electrons. The largest absolute Gasteiger partial charge is 0.328 e. The van der Waals surface area contributed by atoms with E-state index < -0.39 is 0 Å². The fourth-order valence-electron chi connectivity index (χ4n) is 0.842. The van der Waals surface area contributed by atoms with Gasteiger partial charge in [-0.1, -0.05) is 18.2 Å². The number of benzene rings is 1. The number of nitrogens with one attached hydrogen (secondary N) is 1. The quantitative estimate of drug-likeness (QED) is 0.736. The lowest BCUT2D eigenvalue weighted by atomic mass is 10.3. The number of anilines is 1. The van der Waals surface area contributed by atoms with Crippen molar-refractivity contribution in [1.82, 2.24) is 4.90 Å². The van der Waals surface area contributed by atoms with Crippen molar-refractivity contribution in [3.63, 3.8) is 0 Å². The average molecular weight is 177 g/mol. The minimum absolute atomic E-state index is 0.138. The molecule has 1 rings (SSSR count). The maximum absolute atomic E-state index is 11.3. The predicted molar refractivity (Wildman–Crippen MR) is 53.4 cm³/mol. The molecule has 1 aromatic rings. The number of rotatable bonds is 2. The van der Waals surface area contributed by atoms with E-state index in [2.05, 4.69) is 12.2 Å². The van der Waals surface area contributed by atoms with Crippen molar-refractivity contribution < 1.29 is 4.79 Å². The number of hydrogen-bond donors (Lipinski definition) is 1. The van der Waals surface area contributed by atoms with Gasteiger partial charge in [0, 0.05) is 19.3 Å². The van der Waals surface area contributed by atoms with Gasteiger partial charge in [-0.05, 0) is 19.1 Å². The zero-order valence-corrected chi connectivity index (χ0v) is 7.66. The second-order valence-electron chi connectivity index (χ2n) is 2.72. The molecule has 0 bridgehead atoms. The van der Waals surface area contributed by atoms with E-state index in [1.807, 2.05) is 30.3 Å².